The molecule has 0 aromatic heterocycles. The first-order valence-corrected chi connectivity index (χ1v) is 5.94. The lowest BCUT2D eigenvalue weighted by atomic mass is 10.0. The topological polar surface area (TPSA) is 26.3 Å². The van der Waals surface area contributed by atoms with Gasteiger partial charge >= 0.3 is 0 Å². The van der Waals surface area contributed by atoms with Gasteiger partial charge < -0.3 is 4.74 Å². The van der Waals surface area contributed by atoms with Crippen molar-refractivity contribution in [3.63, 3.8) is 0 Å². The van der Waals surface area contributed by atoms with Gasteiger partial charge in [-0.2, -0.15) is 0 Å². The molecule has 2 nitrogen and oxygen atoms in total. The monoisotopic (exact) mass is 334 g/mol. The maximum absolute atomic E-state index is 12.0. The highest BCUT2D eigenvalue weighted by Gasteiger charge is 2.18. The average Bonchev–Trinajstić information content (AvgIpc) is 2.74. The third-order valence-corrected chi connectivity index (χ3v) is 3.36. The molecule has 0 spiro atoms. The van der Waals surface area contributed by atoms with Crippen LogP contribution in [0, 0.1) is 3.57 Å². The van der Waals surface area contributed by atoms with Gasteiger partial charge in [0, 0.05) is 26.2 Å². The molecule has 1 heterocycles. The van der Waals surface area contributed by atoms with Gasteiger partial charge in [-0.15, -0.1) is 0 Å². The van der Waals surface area contributed by atoms with Gasteiger partial charge in [-0.3, -0.25) is 4.79 Å². The Labute approximate surface area is 106 Å². The maximum atomic E-state index is 12.0. The number of Topliss-reactive ketones (excluding diaryl/α,β-unsaturated/α-hetero) is 1. The van der Waals surface area contributed by atoms with Crippen molar-refractivity contribution in [2.75, 3.05) is 6.61 Å². The number of carbonyl (C=O) groups excluding carboxylic acids is 1. The molecule has 15 heavy (non-hydrogen) atoms. The first-order valence-electron chi connectivity index (χ1n) is 4.49. The van der Waals surface area contributed by atoms with Crippen LogP contribution in [-0.2, 0) is 4.74 Å². The second-order valence-electron chi connectivity index (χ2n) is 3.22. The molecule has 0 amide bonds. The molecule has 2 rings (SSSR count). The van der Waals surface area contributed by atoms with E-state index in [1.165, 1.54) is 0 Å². The molecule has 0 saturated carbocycles. The van der Waals surface area contributed by atoms with Crippen molar-refractivity contribution in [1.29, 1.82) is 0 Å². The minimum Gasteiger partial charge on any atom is -0.500 e. The number of ketones is 1. The summed E-state index contributed by atoms with van der Waals surface area (Å²) >= 11 is 7.99. The number of hydrogen-bond donors (Lipinski definition) is 0. The van der Waals surface area contributed by atoms with E-state index in [4.69, 9.17) is 16.3 Å². The van der Waals surface area contributed by atoms with Crippen molar-refractivity contribution in [3.8, 4) is 0 Å². The Morgan fingerprint density at radius 3 is 2.93 bits per heavy atom. The van der Waals surface area contributed by atoms with Crippen molar-refractivity contribution in [2.24, 2.45) is 0 Å². The SMILES string of the molecule is O=C(C1=COCC1)c1cc(Cl)ccc1I. The Hall–Kier alpha value is -0.550. The van der Waals surface area contributed by atoms with Gasteiger partial charge in [-0.1, -0.05) is 11.6 Å². The van der Waals surface area contributed by atoms with E-state index in [1.54, 1.807) is 18.4 Å². The molecule has 0 aliphatic carbocycles. The Morgan fingerprint density at radius 2 is 2.27 bits per heavy atom. The number of hydrogen-bond acceptors (Lipinski definition) is 2. The van der Waals surface area contributed by atoms with Crippen LogP contribution in [0.25, 0.3) is 0 Å². The van der Waals surface area contributed by atoms with Crippen molar-refractivity contribution in [1.82, 2.24) is 0 Å². The van der Waals surface area contributed by atoms with Gasteiger partial charge in [0.1, 0.15) is 0 Å². The van der Waals surface area contributed by atoms with Crippen LogP contribution in [0.15, 0.2) is 30.0 Å². The highest BCUT2D eigenvalue weighted by Crippen LogP contribution is 2.23. The molecule has 1 aliphatic heterocycles. The summed E-state index contributed by atoms with van der Waals surface area (Å²) in [6.45, 7) is 0.595. The normalized spacial score (nSPS) is 14.7. The zero-order chi connectivity index (χ0) is 10.8. The fourth-order valence-electron chi connectivity index (χ4n) is 1.40. The van der Waals surface area contributed by atoms with Gasteiger partial charge in [0.05, 0.1) is 12.9 Å². The molecule has 0 saturated heterocycles. The molecule has 1 aromatic carbocycles. The number of halogens is 2. The Balaban J connectivity index is 2.36. The van der Waals surface area contributed by atoms with E-state index in [9.17, 15) is 4.79 Å². The van der Waals surface area contributed by atoms with Crippen LogP contribution in [-0.4, -0.2) is 12.4 Å². The molecule has 0 bridgehead atoms. The van der Waals surface area contributed by atoms with Gasteiger partial charge in [-0.25, -0.2) is 0 Å². The summed E-state index contributed by atoms with van der Waals surface area (Å²) in [7, 11) is 0. The van der Waals surface area contributed by atoms with Gasteiger partial charge in [-0.05, 0) is 40.8 Å². The highest BCUT2D eigenvalue weighted by molar-refractivity contribution is 14.1. The van der Waals surface area contributed by atoms with Crippen LogP contribution in [0.4, 0.5) is 0 Å². The van der Waals surface area contributed by atoms with Crippen LogP contribution in [0.3, 0.4) is 0 Å². The lowest BCUT2D eigenvalue weighted by Crippen LogP contribution is -2.04. The fraction of sp³-hybridized carbons (Fsp3) is 0.182. The molecule has 0 radical (unpaired) electrons. The van der Waals surface area contributed by atoms with Crippen LogP contribution < -0.4 is 0 Å². The Morgan fingerprint density at radius 1 is 1.47 bits per heavy atom. The molecule has 4 heteroatoms. The van der Waals surface area contributed by atoms with E-state index in [0.29, 0.717) is 23.6 Å². The average molecular weight is 335 g/mol. The highest BCUT2D eigenvalue weighted by atomic mass is 127. The van der Waals surface area contributed by atoms with Crippen LogP contribution in [0.5, 0.6) is 0 Å². The fourth-order valence-corrected chi connectivity index (χ4v) is 2.15. The zero-order valence-electron chi connectivity index (χ0n) is 7.80. The van der Waals surface area contributed by atoms with E-state index in [0.717, 1.165) is 9.14 Å². The van der Waals surface area contributed by atoms with E-state index < -0.39 is 0 Å². The number of benzene rings is 1. The van der Waals surface area contributed by atoms with Crippen molar-refractivity contribution in [2.45, 2.75) is 6.42 Å². The van der Waals surface area contributed by atoms with E-state index in [1.807, 2.05) is 6.07 Å². The van der Waals surface area contributed by atoms with Crippen molar-refractivity contribution < 1.29 is 9.53 Å². The summed E-state index contributed by atoms with van der Waals surface area (Å²) < 4.78 is 5.96. The smallest absolute Gasteiger partial charge is 0.193 e. The molecule has 0 atom stereocenters. The molecule has 0 fully saturated rings. The van der Waals surface area contributed by atoms with Crippen LogP contribution in [0.2, 0.25) is 5.02 Å². The number of rotatable bonds is 2. The molecular weight excluding hydrogens is 326 g/mol. The molecule has 78 valence electrons. The second kappa shape index (κ2) is 4.53. The summed E-state index contributed by atoms with van der Waals surface area (Å²) in [6.07, 6.45) is 2.22. The predicted molar refractivity (Wildman–Crippen MR) is 67.2 cm³/mol. The number of carbonyl (C=O) groups is 1. The molecular formula is C11H8ClIO2. The lowest BCUT2D eigenvalue weighted by molar-refractivity contribution is 0.103. The first kappa shape index (κ1) is 11.0. The quantitative estimate of drug-likeness (QED) is 0.612. The Bertz CT molecular complexity index is 440. The van der Waals surface area contributed by atoms with Crippen LogP contribution in [0.1, 0.15) is 16.8 Å². The molecule has 0 N–H and O–H groups in total. The van der Waals surface area contributed by atoms with Gasteiger partial charge in [0.15, 0.2) is 5.78 Å². The summed E-state index contributed by atoms with van der Waals surface area (Å²) in [6, 6.07) is 5.32. The van der Waals surface area contributed by atoms with Crippen molar-refractivity contribution in [3.05, 3.63) is 44.2 Å². The summed E-state index contributed by atoms with van der Waals surface area (Å²) in [5, 5.41) is 0.582. The van der Waals surface area contributed by atoms with Crippen molar-refractivity contribution >= 4 is 40.0 Å². The first-order chi connectivity index (χ1) is 7.18. The molecule has 1 aliphatic rings. The van der Waals surface area contributed by atoms with E-state index >= 15 is 0 Å². The van der Waals surface area contributed by atoms with E-state index in [2.05, 4.69) is 22.6 Å². The third-order valence-electron chi connectivity index (χ3n) is 2.18. The summed E-state index contributed by atoms with van der Waals surface area (Å²) in [5.41, 5.74) is 1.37. The van der Waals surface area contributed by atoms with Gasteiger partial charge in [0.2, 0.25) is 0 Å². The summed E-state index contributed by atoms with van der Waals surface area (Å²) in [4.78, 5) is 12.0. The molecule has 0 unspecified atom stereocenters. The standard InChI is InChI=1S/C11H8ClIO2/c12-8-1-2-10(13)9(5-8)11(14)7-3-4-15-6-7/h1-2,5-6H,3-4H2. The minimum atomic E-state index is 0.0133. The van der Waals surface area contributed by atoms with Gasteiger partial charge in [0.25, 0.3) is 0 Å². The molecule has 1 aromatic rings. The largest absolute Gasteiger partial charge is 0.500 e. The summed E-state index contributed by atoms with van der Waals surface area (Å²) in [5.74, 6) is 0.0133. The van der Waals surface area contributed by atoms with Crippen LogP contribution >= 0.6 is 34.2 Å². The predicted octanol–water partition coefficient (Wildman–Crippen LogP) is 3.43. The maximum Gasteiger partial charge on any atom is 0.193 e. The second-order valence-corrected chi connectivity index (χ2v) is 4.82. The zero-order valence-corrected chi connectivity index (χ0v) is 10.7. The lowest BCUT2D eigenvalue weighted by Gasteiger charge is -2.03. The minimum absolute atomic E-state index is 0.0133. The third kappa shape index (κ3) is 2.34. The number of ether oxygens (including phenoxy) is 1. The van der Waals surface area contributed by atoms with E-state index in [-0.39, 0.29) is 5.78 Å². The Kier molecular flexibility index (Phi) is 3.31.